The number of carbonyl (C=O) groups is 1. The highest BCUT2D eigenvalue weighted by molar-refractivity contribution is 5.89. The van der Waals surface area contributed by atoms with E-state index in [9.17, 15) is 13.6 Å². The Morgan fingerprint density at radius 2 is 1.73 bits per heavy atom. The van der Waals surface area contributed by atoms with Crippen LogP contribution >= 0.6 is 0 Å². The van der Waals surface area contributed by atoms with E-state index in [2.05, 4.69) is 32.0 Å². The normalized spacial score (nSPS) is 24.2. The number of rotatable bonds is 8. The predicted molar refractivity (Wildman–Crippen MR) is 159 cm³/mol. The van der Waals surface area contributed by atoms with Gasteiger partial charge >= 0.3 is 5.97 Å². The number of methoxy groups -OCH3 is 1. The molecule has 0 spiro atoms. The van der Waals surface area contributed by atoms with Crippen LogP contribution in [0.4, 0.5) is 20.2 Å². The number of carbonyl (C=O) groups excluding carboxylic acids is 1. The fourth-order valence-corrected chi connectivity index (χ4v) is 6.95. The van der Waals surface area contributed by atoms with E-state index in [1.807, 2.05) is 25.1 Å². The van der Waals surface area contributed by atoms with Crippen LogP contribution in [-0.2, 0) is 15.1 Å². The Bertz CT molecular complexity index is 1660. The molecule has 7 rings (SSSR count). The van der Waals surface area contributed by atoms with E-state index in [0.29, 0.717) is 24.3 Å². The highest BCUT2D eigenvalue weighted by Gasteiger charge is 2.75. The summed E-state index contributed by atoms with van der Waals surface area (Å²) in [5.74, 6) is -0.885. The van der Waals surface area contributed by atoms with Gasteiger partial charge in [-0.1, -0.05) is 6.07 Å². The summed E-state index contributed by atoms with van der Waals surface area (Å²) in [6.07, 6.45) is 3.06. The molecule has 1 saturated carbocycles. The van der Waals surface area contributed by atoms with Gasteiger partial charge in [0, 0.05) is 61.0 Å². The molecule has 0 radical (unpaired) electrons. The summed E-state index contributed by atoms with van der Waals surface area (Å²) in [4.78, 5) is 20.5. The Balaban J connectivity index is 0.991. The van der Waals surface area contributed by atoms with Crippen LogP contribution in [0.1, 0.15) is 27.5 Å². The number of fused-ring (bicyclic) bond motifs is 1. The highest BCUT2D eigenvalue weighted by atomic mass is 19.1. The first-order chi connectivity index (χ1) is 21.4. The molecule has 0 amide bonds. The lowest BCUT2D eigenvalue weighted by Gasteiger charge is -2.37. The Labute approximate surface area is 254 Å². The van der Waals surface area contributed by atoms with Gasteiger partial charge in [-0.05, 0) is 61.0 Å². The lowest BCUT2D eigenvalue weighted by atomic mass is 10.0. The quantitative estimate of drug-likeness (QED) is 0.267. The number of hydrogen-bond donors (Lipinski definition) is 0. The monoisotopic (exact) mass is 601 g/mol. The zero-order valence-corrected chi connectivity index (χ0v) is 24.5. The van der Waals surface area contributed by atoms with Crippen LogP contribution in [0.5, 0.6) is 5.75 Å². The van der Waals surface area contributed by atoms with Crippen molar-refractivity contribution < 1.29 is 27.8 Å². The maximum atomic E-state index is 15.0. The summed E-state index contributed by atoms with van der Waals surface area (Å²) in [6, 6.07) is 17.2. The molecule has 1 aliphatic carbocycles. The molecule has 0 N–H and O–H groups in total. The number of aromatic nitrogens is 3. The molecule has 2 aliphatic heterocycles. The van der Waals surface area contributed by atoms with Gasteiger partial charge in [-0.15, -0.1) is 0 Å². The van der Waals surface area contributed by atoms with Gasteiger partial charge in [0.2, 0.25) is 0 Å². The average Bonchev–Trinajstić information content (AvgIpc) is 3.32. The highest BCUT2D eigenvalue weighted by Crippen LogP contribution is 2.70. The number of nitrogens with zero attached hydrogens (tertiary/aromatic N) is 5. The van der Waals surface area contributed by atoms with Crippen LogP contribution in [0.25, 0.3) is 0 Å². The maximum absolute atomic E-state index is 15.0. The molecule has 4 aromatic rings. The van der Waals surface area contributed by atoms with Crippen LogP contribution < -0.4 is 14.5 Å². The molecule has 3 fully saturated rings. The molecule has 228 valence electrons. The third-order valence-corrected chi connectivity index (χ3v) is 9.19. The van der Waals surface area contributed by atoms with Gasteiger partial charge in [0.15, 0.2) is 0 Å². The summed E-state index contributed by atoms with van der Waals surface area (Å²) < 4.78 is 47.8. The van der Waals surface area contributed by atoms with Gasteiger partial charge in [0.1, 0.15) is 35.6 Å². The van der Waals surface area contributed by atoms with Gasteiger partial charge in [0.25, 0.3) is 0 Å². The molecule has 2 saturated heterocycles. The van der Waals surface area contributed by atoms with Crippen molar-refractivity contribution in [3.8, 4) is 5.75 Å². The molecular weight excluding hydrogens is 568 g/mol. The topological polar surface area (TPSA) is 82.0 Å². The van der Waals surface area contributed by atoms with Crippen molar-refractivity contribution in [3.63, 3.8) is 0 Å². The van der Waals surface area contributed by atoms with Crippen LogP contribution in [0, 0.1) is 30.4 Å². The number of hydrogen-bond acceptors (Lipinski definition) is 8. The molecule has 9 nitrogen and oxygen atoms in total. The van der Waals surface area contributed by atoms with Crippen molar-refractivity contribution in [2.24, 2.45) is 11.8 Å². The maximum Gasteiger partial charge on any atom is 0.337 e. The number of halogens is 2. The summed E-state index contributed by atoms with van der Waals surface area (Å²) >= 11 is 0. The number of piperazine rings is 1. The number of anilines is 2. The lowest BCUT2D eigenvalue weighted by molar-refractivity contribution is 0.0301. The zero-order chi connectivity index (χ0) is 30.4. The fourth-order valence-electron chi connectivity index (χ4n) is 6.95. The largest absolute Gasteiger partial charge is 0.493 e. The van der Waals surface area contributed by atoms with E-state index >= 15 is 0 Å². The number of benzene rings is 3. The van der Waals surface area contributed by atoms with Gasteiger partial charge in [-0.3, -0.25) is 0 Å². The molecule has 11 heteroatoms. The second-order valence-corrected chi connectivity index (χ2v) is 11.6. The van der Waals surface area contributed by atoms with E-state index in [4.69, 9.17) is 14.2 Å². The third-order valence-electron chi connectivity index (χ3n) is 9.19. The summed E-state index contributed by atoms with van der Waals surface area (Å²) in [7, 11) is 1.38. The van der Waals surface area contributed by atoms with Crippen molar-refractivity contribution in [1.82, 2.24) is 14.8 Å². The van der Waals surface area contributed by atoms with Gasteiger partial charge in [0.05, 0.1) is 31.9 Å². The Morgan fingerprint density at radius 1 is 1.00 bits per heavy atom. The second kappa shape index (κ2) is 11.2. The van der Waals surface area contributed by atoms with Gasteiger partial charge < -0.3 is 24.0 Å². The van der Waals surface area contributed by atoms with Crippen molar-refractivity contribution in [2.75, 3.05) is 56.3 Å². The first-order valence-electron chi connectivity index (χ1n) is 14.7. The number of ether oxygens (including phenoxy) is 3. The molecule has 44 heavy (non-hydrogen) atoms. The Kier molecular flexibility index (Phi) is 7.20. The van der Waals surface area contributed by atoms with Crippen LogP contribution in [0.3, 0.4) is 0 Å². The Morgan fingerprint density at radius 3 is 2.39 bits per heavy atom. The summed E-state index contributed by atoms with van der Waals surface area (Å²) in [5, 5.41) is 4.30. The van der Waals surface area contributed by atoms with Crippen molar-refractivity contribution in [3.05, 3.63) is 102 Å². The third kappa shape index (κ3) is 4.85. The van der Waals surface area contributed by atoms with Crippen molar-refractivity contribution in [2.45, 2.75) is 18.6 Å². The number of aryl methyl sites for hydroxylation is 1. The minimum Gasteiger partial charge on any atom is -0.493 e. The second-order valence-electron chi connectivity index (χ2n) is 11.6. The van der Waals surface area contributed by atoms with E-state index in [-0.39, 0.29) is 23.8 Å². The fraction of sp³-hybridized carbons (Fsp3) is 0.364. The summed E-state index contributed by atoms with van der Waals surface area (Å²) in [6.45, 7) is 6.29. The van der Waals surface area contributed by atoms with Gasteiger partial charge in [-0.25, -0.2) is 23.2 Å². The molecule has 3 heterocycles. The average molecular weight is 602 g/mol. The van der Waals surface area contributed by atoms with Crippen LogP contribution in [0.15, 0.2) is 73.3 Å². The van der Waals surface area contributed by atoms with E-state index in [1.165, 1.54) is 25.6 Å². The van der Waals surface area contributed by atoms with E-state index in [1.54, 1.807) is 23.1 Å². The van der Waals surface area contributed by atoms with E-state index < -0.39 is 17.2 Å². The molecule has 4 atom stereocenters. The molecule has 0 bridgehead atoms. The van der Waals surface area contributed by atoms with E-state index in [0.717, 1.165) is 54.9 Å². The van der Waals surface area contributed by atoms with Crippen molar-refractivity contribution >= 4 is 17.3 Å². The summed E-state index contributed by atoms with van der Waals surface area (Å²) in [5.41, 5.74) is 3.21. The smallest absolute Gasteiger partial charge is 0.337 e. The Hall–Kier alpha value is -4.51. The molecule has 1 aromatic heterocycles. The molecular formula is C33H33F2N5O4. The van der Waals surface area contributed by atoms with Gasteiger partial charge in [-0.2, -0.15) is 5.10 Å². The number of esters is 1. The first kappa shape index (κ1) is 28.3. The lowest BCUT2D eigenvalue weighted by Crippen LogP contribution is -2.46. The molecule has 3 aliphatic rings. The SMILES string of the molecule is COC(=O)c1ccc(N2CCN(c3ccc(OC[C@@H]4CO[C@@]5(c6ccc(F)cc6F)C4C5n4cncn4)c(C)c3)CC2)cc1. The predicted octanol–water partition coefficient (Wildman–Crippen LogP) is 4.77. The minimum absolute atomic E-state index is 0.0116. The minimum atomic E-state index is -0.927. The van der Waals surface area contributed by atoms with Crippen molar-refractivity contribution in [1.29, 1.82) is 0 Å². The first-order valence-corrected chi connectivity index (χ1v) is 14.7. The standard InChI is InChI=1S/C33H33F2N5O4/c1-21-15-26(39-13-11-38(12-14-39)25-6-3-22(4-7-25)32(41)42-2)8-10-29(21)43-17-23-18-44-33(27-9-5-24(34)16-28(27)35)30(23)31(33)40-20-36-19-37-40/h3-10,15-16,19-20,23,30-31H,11-14,17-18H2,1-2H3/t23-,30?,31?,33+/m1/s1. The molecule has 3 aromatic carbocycles. The zero-order valence-electron chi connectivity index (χ0n) is 24.5. The molecule has 2 unspecified atom stereocenters. The van der Waals surface area contributed by atoms with Crippen LogP contribution in [-0.4, -0.2) is 67.2 Å². The van der Waals surface area contributed by atoms with Crippen LogP contribution in [0.2, 0.25) is 0 Å².